The molecular weight excluding hydrogens is 192 g/mol. The van der Waals surface area contributed by atoms with Gasteiger partial charge in [0.1, 0.15) is 0 Å². The van der Waals surface area contributed by atoms with E-state index < -0.39 is 0 Å². The molecule has 0 radical (unpaired) electrons. The monoisotopic (exact) mass is 208 g/mol. The van der Waals surface area contributed by atoms with Crippen molar-refractivity contribution in [2.45, 2.75) is 24.0 Å². The number of aliphatic hydroxyl groups is 1. The largest absolute Gasteiger partial charge is 0.392 e. The quantitative estimate of drug-likeness (QED) is 0.767. The average Bonchev–Trinajstić information content (AvgIpc) is 2.17. The molecule has 0 aromatic heterocycles. The van der Waals surface area contributed by atoms with E-state index in [1.807, 2.05) is 23.9 Å². The van der Waals surface area contributed by atoms with Crippen LogP contribution in [0, 0.1) is 0 Å². The summed E-state index contributed by atoms with van der Waals surface area (Å²) in [6.45, 7) is 8.15. The third-order valence-electron chi connectivity index (χ3n) is 1.83. The van der Waals surface area contributed by atoms with Crippen molar-refractivity contribution in [2.75, 3.05) is 6.61 Å². The van der Waals surface area contributed by atoms with E-state index in [2.05, 4.69) is 32.6 Å². The van der Waals surface area contributed by atoms with Gasteiger partial charge in [0.05, 0.1) is 6.61 Å². The second kappa shape index (κ2) is 5.23. The summed E-state index contributed by atoms with van der Waals surface area (Å²) < 4.78 is 0. The lowest BCUT2D eigenvalue weighted by atomic mass is 10.1. The van der Waals surface area contributed by atoms with E-state index >= 15 is 0 Å². The molecule has 1 rings (SSSR count). The molecule has 0 saturated carbocycles. The maximum Gasteiger partial charge on any atom is 0.0681 e. The molecule has 2 heteroatoms. The summed E-state index contributed by atoms with van der Waals surface area (Å²) in [6, 6.07) is 8.15. The summed E-state index contributed by atoms with van der Waals surface area (Å²) in [6.07, 6.45) is 0. The minimum absolute atomic E-state index is 0.0245. The van der Waals surface area contributed by atoms with Crippen LogP contribution in [0.2, 0.25) is 0 Å². The van der Waals surface area contributed by atoms with E-state index in [1.54, 1.807) is 0 Å². The first-order valence-corrected chi connectivity index (χ1v) is 5.57. The Morgan fingerprint density at radius 1 is 1.36 bits per heavy atom. The molecule has 0 spiro atoms. The van der Waals surface area contributed by atoms with Crippen LogP contribution in [0.15, 0.2) is 35.7 Å². The van der Waals surface area contributed by atoms with Crippen molar-refractivity contribution < 1.29 is 5.11 Å². The highest BCUT2D eigenvalue weighted by Gasteiger charge is 2.00. The molecule has 1 aromatic rings. The molecule has 0 aliphatic carbocycles. The number of hydrogen-bond donors (Lipinski definition) is 1. The fourth-order valence-electron chi connectivity index (χ4n) is 1.13. The van der Waals surface area contributed by atoms with Gasteiger partial charge in [0.2, 0.25) is 0 Å². The van der Waals surface area contributed by atoms with E-state index in [0.717, 1.165) is 11.1 Å². The fraction of sp³-hybridized carbons (Fsp3) is 0.333. The standard InChI is InChI=1S/C12H16OS/c1-9(2)14-12-6-4-11(5-7-12)10(3)8-13/h4-7,9,13H,3,8H2,1-2H3. The van der Waals surface area contributed by atoms with Crippen LogP contribution in [0.25, 0.3) is 5.57 Å². The topological polar surface area (TPSA) is 20.2 Å². The summed E-state index contributed by atoms with van der Waals surface area (Å²) in [5.41, 5.74) is 1.78. The Kier molecular flexibility index (Phi) is 4.23. The Morgan fingerprint density at radius 2 is 1.93 bits per heavy atom. The Bertz CT molecular complexity index is 301. The number of benzene rings is 1. The first-order chi connectivity index (χ1) is 6.63. The van der Waals surface area contributed by atoms with E-state index in [4.69, 9.17) is 5.11 Å². The van der Waals surface area contributed by atoms with Gasteiger partial charge < -0.3 is 5.11 Å². The Hall–Kier alpha value is -0.730. The molecular formula is C12H16OS. The third-order valence-corrected chi connectivity index (χ3v) is 2.84. The molecule has 0 aliphatic rings. The number of hydrogen-bond acceptors (Lipinski definition) is 2. The Labute approximate surface area is 89.8 Å². The maximum absolute atomic E-state index is 8.90. The smallest absolute Gasteiger partial charge is 0.0681 e. The van der Waals surface area contributed by atoms with Crippen molar-refractivity contribution in [1.29, 1.82) is 0 Å². The van der Waals surface area contributed by atoms with Crippen molar-refractivity contribution in [3.63, 3.8) is 0 Å². The highest BCUT2D eigenvalue weighted by Crippen LogP contribution is 2.24. The van der Waals surface area contributed by atoms with Crippen molar-refractivity contribution in [3.8, 4) is 0 Å². The zero-order chi connectivity index (χ0) is 10.6. The molecule has 76 valence electrons. The Morgan fingerprint density at radius 3 is 2.36 bits per heavy atom. The second-order valence-electron chi connectivity index (χ2n) is 3.45. The van der Waals surface area contributed by atoms with Crippen molar-refractivity contribution in [2.24, 2.45) is 0 Å². The van der Waals surface area contributed by atoms with Crippen LogP contribution in [0.3, 0.4) is 0 Å². The molecule has 0 amide bonds. The van der Waals surface area contributed by atoms with Crippen molar-refractivity contribution in [1.82, 2.24) is 0 Å². The average molecular weight is 208 g/mol. The minimum atomic E-state index is 0.0245. The summed E-state index contributed by atoms with van der Waals surface area (Å²) >= 11 is 1.83. The molecule has 0 saturated heterocycles. The highest BCUT2D eigenvalue weighted by atomic mass is 32.2. The lowest BCUT2D eigenvalue weighted by Gasteiger charge is -2.06. The van der Waals surface area contributed by atoms with Crippen molar-refractivity contribution >= 4 is 17.3 Å². The minimum Gasteiger partial charge on any atom is -0.392 e. The van der Waals surface area contributed by atoms with Crippen LogP contribution in [0.1, 0.15) is 19.4 Å². The molecule has 14 heavy (non-hydrogen) atoms. The third kappa shape index (κ3) is 3.20. The van der Waals surface area contributed by atoms with Crippen LogP contribution >= 0.6 is 11.8 Å². The lowest BCUT2D eigenvalue weighted by molar-refractivity contribution is 0.350. The predicted molar refractivity (Wildman–Crippen MR) is 63.6 cm³/mol. The summed E-state index contributed by atoms with van der Waals surface area (Å²) in [4.78, 5) is 1.26. The summed E-state index contributed by atoms with van der Waals surface area (Å²) in [7, 11) is 0. The van der Waals surface area contributed by atoms with Gasteiger partial charge in [-0.1, -0.05) is 32.6 Å². The predicted octanol–water partition coefficient (Wildman–Crippen LogP) is 3.19. The molecule has 0 unspecified atom stereocenters. The van der Waals surface area contributed by atoms with Crippen LogP contribution in [-0.4, -0.2) is 17.0 Å². The zero-order valence-electron chi connectivity index (χ0n) is 8.66. The first-order valence-electron chi connectivity index (χ1n) is 4.69. The van der Waals surface area contributed by atoms with Gasteiger partial charge in [0, 0.05) is 10.1 Å². The summed E-state index contributed by atoms with van der Waals surface area (Å²) in [5, 5.41) is 9.50. The molecule has 0 fully saturated rings. The normalized spacial score (nSPS) is 10.6. The molecule has 0 atom stereocenters. The van der Waals surface area contributed by atoms with E-state index in [1.165, 1.54) is 4.90 Å². The number of aliphatic hydroxyl groups excluding tert-OH is 1. The van der Waals surface area contributed by atoms with E-state index in [-0.39, 0.29) is 6.61 Å². The van der Waals surface area contributed by atoms with Gasteiger partial charge in [0.25, 0.3) is 0 Å². The lowest BCUT2D eigenvalue weighted by Crippen LogP contribution is -1.89. The molecule has 0 heterocycles. The number of thioether (sulfide) groups is 1. The summed E-state index contributed by atoms with van der Waals surface area (Å²) in [5.74, 6) is 0. The molecule has 1 nitrogen and oxygen atoms in total. The maximum atomic E-state index is 8.90. The van der Waals surface area contributed by atoms with Gasteiger partial charge >= 0.3 is 0 Å². The van der Waals surface area contributed by atoms with Gasteiger partial charge in [-0.3, -0.25) is 0 Å². The van der Waals surface area contributed by atoms with Gasteiger partial charge in [-0.15, -0.1) is 11.8 Å². The zero-order valence-corrected chi connectivity index (χ0v) is 9.47. The van der Waals surface area contributed by atoms with Crippen LogP contribution in [0.5, 0.6) is 0 Å². The van der Waals surface area contributed by atoms with Gasteiger partial charge in [0.15, 0.2) is 0 Å². The second-order valence-corrected chi connectivity index (χ2v) is 5.10. The van der Waals surface area contributed by atoms with Crippen LogP contribution < -0.4 is 0 Å². The Balaban J connectivity index is 2.73. The van der Waals surface area contributed by atoms with Crippen molar-refractivity contribution in [3.05, 3.63) is 36.4 Å². The molecule has 1 aromatic carbocycles. The molecule has 0 bridgehead atoms. The highest BCUT2D eigenvalue weighted by molar-refractivity contribution is 7.99. The van der Waals surface area contributed by atoms with Gasteiger partial charge in [-0.25, -0.2) is 0 Å². The number of rotatable bonds is 4. The van der Waals surface area contributed by atoms with E-state index in [0.29, 0.717) is 5.25 Å². The van der Waals surface area contributed by atoms with Gasteiger partial charge in [-0.05, 0) is 23.3 Å². The van der Waals surface area contributed by atoms with Crippen LogP contribution in [-0.2, 0) is 0 Å². The van der Waals surface area contributed by atoms with Gasteiger partial charge in [-0.2, -0.15) is 0 Å². The van der Waals surface area contributed by atoms with Crippen LogP contribution in [0.4, 0.5) is 0 Å². The molecule has 0 aliphatic heterocycles. The SMILES string of the molecule is C=C(CO)c1ccc(SC(C)C)cc1. The fourth-order valence-corrected chi connectivity index (χ4v) is 1.97. The first kappa shape index (κ1) is 11.3. The molecule has 1 N–H and O–H groups in total. The van der Waals surface area contributed by atoms with E-state index in [9.17, 15) is 0 Å².